The van der Waals surface area contributed by atoms with E-state index < -0.39 is 16.9 Å². The number of benzene rings is 1. The van der Waals surface area contributed by atoms with Gasteiger partial charge >= 0.3 is 11.9 Å². The van der Waals surface area contributed by atoms with Gasteiger partial charge in [0, 0.05) is 17.5 Å². The molecular weight excluding hydrogens is 304 g/mol. The van der Waals surface area contributed by atoms with Crippen molar-refractivity contribution in [3.05, 3.63) is 45.6 Å². The lowest BCUT2D eigenvalue weighted by Crippen LogP contribution is -2.12. The van der Waals surface area contributed by atoms with E-state index in [1.165, 1.54) is 24.3 Å². The smallest absolute Gasteiger partial charge is 0.356 e. The number of pyridine rings is 1. The first-order valence-electron chi connectivity index (χ1n) is 6.91. The van der Waals surface area contributed by atoms with Crippen LogP contribution in [0.15, 0.2) is 24.3 Å². The Morgan fingerprint density at radius 2 is 1.78 bits per heavy atom. The fourth-order valence-electron chi connectivity index (χ4n) is 2.01. The lowest BCUT2D eigenvalue weighted by molar-refractivity contribution is -0.384. The fraction of sp³-hybridized carbons (Fsp3) is 0.267. The normalized spacial score (nSPS) is 10.3. The Morgan fingerprint density at radius 3 is 2.39 bits per heavy atom. The summed E-state index contributed by atoms with van der Waals surface area (Å²) in [7, 11) is 0. The van der Waals surface area contributed by atoms with Crippen LogP contribution in [-0.4, -0.2) is 35.1 Å². The molecule has 0 saturated heterocycles. The molecule has 23 heavy (non-hydrogen) atoms. The molecule has 0 aliphatic heterocycles. The molecule has 120 valence electrons. The highest BCUT2D eigenvalue weighted by atomic mass is 16.6. The van der Waals surface area contributed by atoms with Crippen molar-refractivity contribution in [2.75, 3.05) is 13.2 Å². The topological polar surface area (TPSA) is 109 Å². The number of aromatic nitrogens is 1. The zero-order valence-electron chi connectivity index (χ0n) is 12.6. The molecule has 1 heterocycles. The third-order valence-corrected chi connectivity index (χ3v) is 2.98. The van der Waals surface area contributed by atoms with Crippen molar-refractivity contribution in [3.8, 4) is 0 Å². The van der Waals surface area contributed by atoms with Gasteiger partial charge in [0.15, 0.2) is 0 Å². The Balaban J connectivity index is 2.67. The number of nitrogens with zero attached hydrogens (tertiary/aromatic N) is 2. The molecule has 2 rings (SSSR count). The number of fused-ring (bicyclic) bond motifs is 1. The zero-order valence-corrected chi connectivity index (χ0v) is 12.6. The van der Waals surface area contributed by atoms with Crippen molar-refractivity contribution in [1.82, 2.24) is 4.98 Å². The van der Waals surface area contributed by atoms with Gasteiger partial charge in [0.25, 0.3) is 5.69 Å². The van der Waals surface area contributed by atoms with Crippen LogP contribution in [0.5, 0.6) is 0 Å². The molecule has 1 aromatic carbocycles. The first-order valence-corrected chi connectivity index (χ1v) is 6.91. The van der Waals surface area contributed by atoms with E-state index in [-0.39, 0.29) is 41.1 Å². The molecule has 0 spiro atoms. The van der Waals surface area contributed by atoms with Crippen molar-refractivity contribution in [3.63, 3.8) is 0 Å². The van der Waals surface area contributed by atoms with Crippen molar-refractivity contribution < 1.29 is 24.0 Å². The van der Waals surface area contributed by atoms with Crippen molar-refractivity contribution in [2.24, 2.45) is 0 Å². The summed E-state index contributed by atoms with van der Waals surface area (Å²) in [5.74, 6) is -1.37. The van der Waals surface area contributed by atoms with E-state index in [0.717, 1.165) is 0 Å². The van der Waals surface area contributed by atoms with E-state index in [1.807, 2.05) is 0 Å². The Morgan fingerprint density at radius 1 is 1.13 bits per heavy atom. The average molecular weight is 318 g/mol. The van der Waals surface area contributed by atoms with E-state index in [0.29, 0.717) is 0 Å². The van der Waals surface area contributed by atoms with Gasteiger partial charge in [-0.3, -0.25) is 10.1 Å². The second kappa shape index (κ2) is 6.82. The Hall–Kier alpha value is -3.03. The third-order valence-electron chi connectivity index (χ3n) is 2.98. The van der Waals surface area contributed by atoms with Gasteiger partial charge in [-0.1, -0.05) is 0 Å². The Labute approximate surface area is 131 Å². The first kappa shape index (κ1) is 16.3. The largest absolute Gasteiger partial charge is 0.462 e. The number of nitro groups is 1. The summed E-state index contributed by atoms with van der Waals surface area (Å²) in [6.07, 6.45) is 0. The summed E-state index contributed by atoms with van der Waals surface area (Å²) in [5, 5.41) is 11.1. The molecule has 1 aromatic heterocycles. The minimum absolute atomic E-state index is 0.0311. The molecule has 8 nitrogen and oxygen atoms in total. The van der Waals surface area contributed by atoms with E-state index in [9.17, 15) is 19.7 Å². The summed E-state index contributed by atoms with van der Waals surface area (Å²) in [4.78, 5) is 38.4. The van der Waals surface area contributed by atoms with Gasteiger partial charge in [-0.25, -0.2) is 14.6 Å². The molecule has 0 unspecified atom stereocenters. The monoisotopic (exact) mass is 318 g/mol. The highest BCUT2D eigenvalue weighted by molar-refractivity contribution is 6.06. The van der Waals surface area contributed by atoms with E-state index in [2.05, 4.69) is 4.98 Å². The van der Waals surface area contributed by atoms with Crippen LogP contribution in [0, 0.1) is 10.1 Å². The molecular formula is C15H14N2O6. The molecule has 0 aliphatic rings. The average Bonchev–Trinajstić information content (AvgIpc) is 2.53. The number of esters is 2. The molecule has 0 aliphatic carbocycles. The standard InChI is InChI=1S/C15H14N2O6/c1-3-22-14(18)11-8-13(15(19)23-4-2)16-12-6-5-9(17(20)21)7-10(11)12/h5-8H,3-4H2,1-2H3. The summed E-state index contributed by atoms with van der Waals surface area (Å²) in [5.41, 5.74) is 0.0535. The summed E-state index contributed by atoms with van der Waals surface area (Å²) in [6, 6.07) is 5.07. The fourth-order valence-corrected chi connectivity index (χ4v) is 2.01. The van der Waals surface area contributed by atoms with Gasteiger partial charge in [-0.05, 0) is 26.0 Å². The second-order valence-corrected chi connectivity index (χ2v) is 4.45. The van der Waals surface area contributed by atoms with Crippen LogP contribution in [0.1, 0.15) is 34.7 Å². The quantitative estimate of drug-likeness (QED) is 0.473. The van der Waals surface area contributed by atoms with E-state index in [4.69, 9.17) is 9.47 Å². The summed E-state index contributed by atoms with van der Waals surface area (Å²) >= 11 is 0. The number of carbonyl (C=O) groups is 2. The lowest BCUT2D eigenvalue weighted by atomic mass is 10.1. The molecule has 2 aromatic rings. The maximum Gasteiger partial charge on any atom is 0.356 e. The predicted molar refractivity (Wildman–Crippen MR) is 80.3 cm³/mol. The summed E-state index contributed by atoms with van der Waals surface area (Å²) in [6.45, 7) is 3.57. The maximum atomic E-state index is 12.1. The van der Waals surface area contributed by atoms with E-state index >= 15 is 0 Å². The Bertz CT molecular complexity index is 787. The van der Waals surface area contributed by atoms with Gasteiger partial charge in [0.2, 0.25) is 0 Å². The molecule has 0 atom stereocenters. The molecule has 0 bridgehead atoms. The number of hydrogen-bond donors (Lipinski definition) is 0. The molecule has 0 N–H and O–H groups in total. The number of carbonyl (C=O) groups excluding carboxylic acids is 2. The molecule has 8 heteroatoms. The van der Waals surface area contributed by atoms with Gasteiger partial charge in [0.1, 0.15) is 5.69 Å². The predicted octanol–water partition coefficient (Wildman–Crippen LogP) is 2.50. The van der Waals surface area contributed by atoms with Crippen LogP contribution in [0.3, 0.4) is 0 Å². The minimum atomic E-state index is -0.689. The number of hydrogen-bond acceptors (Lipinski definition) is 7. The van der Waals surface area contributed by atoms with Crippen molar-refractivity contribution in [1.29, 1.82) is 0 Å². The molecule has 0 saturated carbocycles. The zero-order chi connectivity index (χ0) is 17.0. The second-order valence-electron chi connectivity index (χ2n) is 4.45. The molecule has 0 amide bonds. The number of non-ortho nitro benzene ring substituents is 1. The van der Waals surface area contributed by atoms with Crippen LogP contribution in [0.25, 0.3) is 10.9 Å². The number of rotatable bonds is 5. The maximum absolute atomic E-state index is 12.1. The van der Waals surface area contributed by atoms with Crippen molar-refractivity contribution >= 4 is 28.5 Å². The lowest BCUT2D eigenvalue weighted by Gasteiger charge is -2.08. The van der Waals surface area contributed by atoms with Crippen LogP contribution in [0.4, 0.5) is 5.69 Å². The minimum Gasteiger partial charge on any atom is -0.462 e. The SMILES string of the molecule is CCOC(=O)c1cc(C(=O)OCC)c2cc([N+](=O)[O-])ccc2n1. The van der Waals surface area contributed by atoms with Crippen molar-refractivity contribution in [2.45, 2.75) is 13.8 Å². The highest BCUT2D eigenvalue weighted by Gasteiger charge is 2.20. The van der Waals surface area contributed by atoms with Gasteiger partial charge < -0.3 is 9.47 Å². The third kappa shape index (κ3) is 3.42. The van der Waals surface area contributed by atoms with Crippen LogP contribution >= 0.6 is 0 Å². The highest BCUT2D eigenvalue weighted by Crippen LogP contribution is 2.24. The van der Waals surface area contributed by atoms with Crippen LogP contribution in [0.2, 0.25) is 0 Å². The van der Waals surface area contributed by atoms with Crippen LogP contribution in [-0.2, 0) is 9.47 Å². The van der Waals surface area contributed by atoms with Gasteiger partial charge in [-0.2, -0.15) is 0 Å². The van der Waals surface area contributed by atoms with Crippen LogP contribution < -0.4 is 0 Å². The number of ether oxygens (including phenoxy) is 2. The summed E-state index contributed by atoms with van der Waals surface area (Å²) < 4.78 is 9.81. The molecule has 0 radical (unpaired) electrons. The van der Waals surface area contributed by atoms with Gasteiger partial charge in [0.05, 0.1) is 29.2 Å². The number of nitro benzene ring substituents is 1. The van der Waals surface area contributed by atoms with Gasteiger partial charge in [-0.15, -0.1) is 0 Å². The first-order chi connectivity index (χ1) is 11.0. The Kier molecular flexibility index (Phi) is 4.85. The van der Waals surface area contributed by atoms with E-state index in [1.54, 1.807) is 13.8 Å². The molecule has 0 fully saturated rings.